The summed E-state index contributed by atoms with van der Waals surface area (Å²) in [6, 6.07) is 0. The molecule has 3 nitrogen and oxygen atoms in total. The molecule has 0 unspecified atom stereocenters. The zero-order chi connectivity index (χ0) is 11.5. The van der Waals surface area contributed by atoms with Gasteiger partial charge in [-0.3, -0.25) is 4.79 Å². The first-order chi connectivity index (χ1) is 6.98. The van der Waals surface area contributed by atoms with Gasteiger partial charge in [-0.1, -0.05) is 13.3 Å². The number of carboxylic acid groups (broad SMARTS) is 1. The van der Waals surface area contributed by atoms with Gasteiger partial charge in [-0.25, -0.2) is 4.98 Å². The van der Waals surface area contributed by atoms with Crippen molar-refractivity contribution in [2.45, 2.75) is 45.4 Å². The second-order valence-electron chi connectivity index (χ2n) is 4.16. The fraction of sp³-hybridized carbons (Fsp3) is 0.636. The minimum Gasteiger partial charge on any atom is -0.481 e. The Morgan fingerprint density at radius 3 is 2.80 bits per heavy atom. The lowest BCUT2D eigenvalue weighted by atomic mass is 9.90. The lowest BCUT2D eigenvalue weighted by Gasteiger charge is -2.15. The molecule has 15 heavy (non-hydrogen) atoms. The molecule has 0 saturated heterocycles. The van der Waals surface area contributed by atoms with Crippen molar-refractivity contribution < 1.29 is 9.90 Å². The highest BCUT2D eigenvalue weighted by atomic mass is 32.1. The highest BCUT2D eigenvalue weighted by molar-refractivity contribution is 7.09. The van der Waals surface area contributed by atoms with Crippen molar-refractivity contribution in [1.29, 1.82) is 0 Å². The number of aryl methyl sites for hydroxylation is 1. The molecule has 0 aliphatic heterocycles. The largest absolute Gasteiger partial charge is 0.481 e. The van der Waals surface area contributed by atoms with Gasteiger partial charge >= 0.3 is 5.97 Å². The van der Waals surface area contributed by atoms with Gasteiger partial charge in [-0.05, 0) is 26.7 Å². The van der Waals surface area contributed by atoms with Crippen molar-refractivity contribution in [2.24, 2.45) is 0 Å². The number of carboxylic acids is 1. The lowest BCUT2D eigenvalue weighted by Crippen LogP contribution is -2.28. The topological polar surface area (TPSA) is 50.2 Å². The average molecular weight is 227 g/mol. The van der Waals surface area contributed by atoms with Crippen LogP contribution in [0, 0.1) is 0 Å². The summed E-state index contributed by atoms with van der Waals surface area (Å²) >= 11 is 1.56. The van der Waals surface area contributed by atoms with Crippen LogP contribution in [0.15, 0.2) is 5.38 Å². The summed E-state index contributed by atoms with van der Waals surface area (Å²) in [4.78, 5) is 15.4. The Morgan fingerprint density at radius 1 is 1.60 bits per heavy atom. The van der Waals surface area contributed by atoms with Crippen molar-refractivity contribution in [3.63, 3.8) is 0 Å². The van der Waals surface area contributed by atoms with E-state index in [1.165, 1.54) is 0 Å². The Balaban J connectivity index is 2.79. The molecule has 1 aromatic heterocycles. The van der Waals surface area contributed by atoms with Crippen LogP contribution in [0.3, 0.4) is 0 Å². The summed E-state index contributed by atoms with van der Waals surface area (Å²) in [6.45, 7) is 5.51. The van der Waals surface area contributed by atoms with E-state index >= 15 is 0 Å². The molecule has 0 amide bonds. The van der Waals surface area contributed by atoms with Gasteiger partial charge < -0.3 is 5.11 Å². The predicted molar refractivity (Wildman–Crippen MR) is 61.4 cm³/mol. The number of hydrogen-bond acceptors (Lipinski definition) is 3. The summed E-state index contributed by atoms with van der Waals surface area (Å²) < 4.78 is 0. The molecule has 0 radical (unpaired) electrons. The Kier molecular flexibility index (Phi) is 3.85. The average Bonchev–Trinajstić information content (AvgIpc) is 2.63. The van der Waals surface area contributed by atoms with Crippen LogP contribution in [0.1, 0.15) is 44.3 Å². The van der Waals surface area contributed by atoms with E-state index in [1.807, 2.05) is 5.38 Å². The van der Waals surface area contributed by atoms with Crippen LogP contribution in [0.5, 0.6) is 0 Å². The van der Waals surface area contributed by atoms with Crippen LogP contribution >= 0.6 is 11.3 Å². The van der Waals surface area contributed by atoms with Crippen molar-refractivity contribution in [3.05, 3.63) is 16.1 Å². The molecule has 0 fully saturated rings. The maximum absolute atomic E-state index is 11.0. The smallest absolute Gasteiger partial charge is 0.315 e. The summed E-state index contributed by atoms with van der Waals surface area (Å²) in [7, 11) is 0. The molecular formula is C11H17NO2S. The van der Waals surface area contributed by atoms with E-state index in [2.05, 4.69) is 11.9 Å². The third-order valence-corrected chi connectivity index (χ3v) is 3.38. The molecule has 0 atom stereocenters. The molecule has 1 rings (SSSR count). The second kappa shape index (κ2) is 4.75. The lowest BCUT2D eigenvalue weighted by molar-refractivity contribution is -0.142. The van der Waals surface area contributed by atoms with E-state index in [0.717, 1.165) is 24.3 Å². The quantitative estimate of drug-likeness (QED) is 0.841. The molecule has 0 aliphatic rings. The first-order valence-corrected chi connectivity index (χ1v) is 6.04. The minimum absolute atomic E-state index is 0.672. The van der Waals surface area contributed by atoms with E-state index in [4.69, 9.17) is 5.11 Å². The Labute approximate surface area is 94.2 Å². The number of carbonyl (C=O) groups is 1. The van der Waals surface area contributed by atoms with Crippen LogP contribution in [0.25, 0.3) is 0 Å². The van der Waals surface area contributed by atoms with Crippen LogP contribution in [0.2, 0.25) is 0 Å². The van der Waals surface area contributed by atoms with Gasteiger partial charge in [0.1, 0.15) is 5.41 Å². The molecule has 1 aromatic rings. The number of rotatable bonds is 5. The van der Waals surface area contributed by atoms with E-state index in [-0.39, 0.29) is 0 Å². The van der Waals surface area contributed by atoms with Crippen molar-refractivity contribution >= 4 is 17.3 Å². The number of hydrogen-bond donors (Lipinski definition) is 1. The summed E-state index contributed by atoms with van der Waals surface area (Å²) in [6.07, 6.45) is 3.20. The van der Waals surface area contributed by atoms with Crippen molar-refractivity contribution in [2.75, 3.05) is 0 Å². The summed E-state index contributed by atoms with van der Waals surface area (Å²) in [5.41, 5.74) is -0.202. The normalized spacial score (nSPS) is 11.7. The molecule has 0 spiro atoms. The SMILES string of the molecule is CCCCc1nc(C(C)(C)C(=O)O)cs1. The van der Waals surface area contributed by atoms with Crippen LogP contribution in [-0.2, 0) is 16.6 Å². The molecule has 0 bridgehead atoms. The molecule has 0 aliphatic carbocycles. The van der Waals surface area contributed by atoms with Gasteiger partial charge in [0.05, 0.1) is 10.7 Å². The first kappa shape index (κ1) is 12.2. The Hall–Kier alpha value is -0.900. The predicted octanol–water partition coefficient (Wildman–Crippen LogP) is 2.85. The molecule has 1 N–H and O–H groups in total. The van der Waals surface area contributed by atoms with E-state index in [1.54, 1.807) is 25.2 Å². The van der Waals surface area contributed by atoms with Gasteiger partial charge in [0.25, 0.3) is 0 Å². The van der Waals surface area contributed by atoms with Crippen molar-refractivity contribution in [3.8, 4) is 0 Å². The van der Waals surface area contributed by atoms with Gasteiger partial charge in [0, 0.05) is 5.38 Å². The van der Waals surface area contributed by atoms with Gasteiger partial charge in [0.2, 0.25) is 0 Å². The Morgan fingerprint density at radius 2 is 2.27 bits per heavy atom. The second-order valence-corrected chi connectivity index (χ2v) is 5.10. The molecule has 4 heteroatoms. The molecule has 0 aromatic carbocycles. The maximum Gasteiger partial charge on any atom is 0.315 e. The first-order valence-electron chi connectivity index (χ1n) is 5.16. The van der Waals surface area contributed by atoms with E-state index in [9.17, 15) is 4.79 Å². The minimum atomic E-state index is -0.874. The number of aliphatic carboxylic acids is 1. The standard InChI is InChI=1S/C11H17NO2S/c1-4-5-6-9-12-8(7-15-9)11(2,3)10(13)14/h7H,4-6H2,1-3H3,(H,13,14). The fourth-order valence-electron chi connectivity index (χ4n) is 1.15. The number of nitrogens with zero attached hydrogens (tertiary/aromatic N) is 1. The number of aromatic nitrogens is 1. The Bertz CT molecular complexity index is 344. The maximum atomic E-state index is 11.0. The van der Waals surface area contributed by atoms with Gasteiger partial charge in [0.15, 0.2) is 0 Å². The van der Waals surface area contributed by atoms with Gasteiger partial charge in [-0.15, -0.1) is 11.3 Å². The summed E-state index contributed by atoms with van der Waals surface area (Å²) in [5.74, 6) is -0.824. The zero-order valence-corrected chi connectivity index (χ0v) is 10.2. The zero-order valence-electron chi connectivity index (χ0n) is 9.41. The fourth-order valence-corrected chi connectivity index (χ4v) is 2.16. The van der Waals surface area contributed by atoms with Crippen LogP contribution < -0.4 is 0 Å². The molecular weight excluding hydrogens is 210 g/mol. The summed E-state index contributed by atoms with van der Waals surface area (Å²) in [5, 5.41) is 11.9. The number of unbranched alkanes of at least 4 members (excludes halogenated alkanes) is 1. The molecule has 1 heterocycles. The molecule has 84 valence electrons. The van der Waals surface area contributed by atoms with E-state index in [0.29, 0.717) is 5.69 Å². The highest BCUT2D eigenvalue weighted by Crippen LogP contribution is 2.25. The highest BCUT2D eigenvalue weighted by Gasteiger charge is 2.31. The monoisotopic (exact) mass is 227 g/mol. The van der Waals surface area contributed by atoms with Crippen LogP contribution in [0.4, 0.5) is 0 Å². The number of thiazole rings is 1. The van der Waals surface area contributed by atoms with Crippen molar-refractivity contribution in [1.82, 2.24) is 4.98 Å². The van der Waals surface area contributed by atoms with E-state index < -0.39 is 11.4 Å². The third-order valence-electron chi connectivity index (χ3n) is 2.47. The third kappa shape index (κ3) is 2.78. The molecule has 0 saturated carbocycles. The van der Waals surface area contributed by atoms with Crippen LogP contribution in [-0.4, -0.2) is 16.1 Å². The van der Waals surface area contributed by atoms with Gasteiger partial charge in [-0.2, -0.15) is 0 Å².